The minimum absolute atomic E-state index is 0.141. The van der Waals surface area contributed by atoms with Gasteiger partial charge < -0.3 is 4.74 Å². The van der Waals surface area contributed by atoms with Crippen molar-refractivity contribution in [2.75, 3.05) is 12.9 Å². The first kappa shape index (κ1) is 24.3. The van der Waals surface area contributed by atoms with E-state index < -0.39 is 0 Å². The molecule has 37 heavy (non-hydrogen) atoms. The molecule has 1 N–H and O–H groups in total. The lowest BCUT2D eigenvalue weighted by atomic mass is 10.0. The molecule has 0 atom stereocenters. The average Bonchev–Trinajstić information content (AvgIpc) is 3.39. The largest absolute Gasteiger partial charge is 0.497 e. The summed E-state index contributed by atoms with van der Waals surface area (Å²) in [5.41, 5.74) is 6.16. The lowest BCUT2D eigenvalue weighted by Crippen LogP contribution is -2.21. The highest BCUT2D eigenvalue weighted by Gasteiger charge is 2.17. The van der Waals surface area contributed by atoms with Crippen molar-refractivity contribution in [2.45, 2.75) is 12.1 Å². The molecule has 1 aromatic heterocycles. The van der Waals surface area contributed by atoms with Crippen molar-refractivity contribution in [2.24, 2.45) is 5.10 Å². The summed E-state index contributed by atoms with van der Waals surface area (Å²) in [6, 6.07) is 31.8. The number of carbonyl (C=O) groups excluding carboxylic acids is 1. The normalized spacial score (nSPS) is 11.5. The van der Waals surface area contributed by atoms with E-state index >= 15 is 0 Å². The van der Waals surface area contributed by atoms with E-state index in [4.69, 9.17) is 4.74 Å². The number of rotatable bonds is 8. The van der Waals surface area contributed by atoms with Crippen molar-refractivity contribution in [1.82, 2.24) is 20.2 Å². The van der Waals surface area contributed by atoms with Gasteiger partial charge in [-0.3, -0.25) is 9.36 Å². The molecule has 184 valence electrons. The molecule has 8 heteroatoms. The number of para-hydroxylation sites is 1. The number of aromatic nitrogens is 3. The zero-order valence-electron chi connectivity index (χ0n) is 20.5. The van der Waals surface area contributed by atoms with E-state index in [9.17, 15) is 4.79 Å². The third kappa shape index (κ3) is 5.54. The first-order valence-electron chi connectivity index (χ1n) is 11.7. The number of carbonyl (C=O) groups is 1. The summed E-state index contributed by atoms with van der Waals surface area (Å²) in [6.07, 6.45) is 0. The molecule has 0 saturated carbocycles. The Morgan fingerprint density at radius 2 is 1.65 bits per heavy atom. The second-order valence-corrected chi connectivity index (χ2v) is 9.23. The molecule has 1 heterocycles. The van der Waals surface area contributed by atoms with Crippen LogP contribution in [-0.4, -0.2) is 39.2 Å². The number of hydrazone groups is 1. The lowest BCUT2D eigenvalue weighted by molar-refractivity contribution is -0.118. The number of thioether (sulfide) groups is 1. The molecule has 0 saturated heterocycles. The average molecular weight is 508 g/mol. The van der Waals surface area contributed by atoms with Crippen LogP contribution in [0.25, 0.3) is 27.8 Å². The van der Waals surface area contributed by atoms with Crippen LogP contribution in [0.2, 0.25) is 0 Å². The fraction of sp³-hybridized carbons (Fsp3) is 0.103. The summed E-state index contributed by atoms with van der Waals surface area (Å²) in [7, 11) is 1.63. The van der Waals surface area contributed by atoms with Gasteiger partial charge in [-0.05, 0) is 65.7 Å². The predicted molar refractivity (Wildman–Crippen MR) is 148 cm³/mol. The van der Waals surface area contributed by atoms with Crippen molar-refractivity contribution in [1.29, 1.82) is 0 Å². The maximum absolute atomic E-state index is 12.6. The highest BCUT2D eigenvalue weighted by atomic mass is 32.2. The molecule has 0 unspecified atom stereocenters. The van der Waals surface area contributed by atoms with E-state index in [1.165, 1.54) is 11.8 Å². The smallest absolute Gasteiger partial charge is 0.250 e. The van der Waals surface area contributed by atoms with E-state index in [2.05, 4.69) is 45.0 Å². The molecule has 0 fully saturated rings. The zero-order valence-corrected chi connectivity index (χ0v) is 21.3. The summed E-state index contributed by atoms with van der Waals surface area (Å²) >= 11 is 1.31. The van der Waals surface area contributed by atoms with Crippen LogP contribution in [0.15, 0.2) is 107 Å². The molecule has 5 aromatic rings. The van der Waals surface area contributed by atoms with Gasteiger partial charge in [-0.25, -0.2) is 5.43 Å². The van der Waals surface area contributed by atoms with Gasteiger partial charge in [-0.2, -0.15) is 5.10 Å². The third-order valence-electron chi connectivity index (χ3n) is 5.84. The Labute approximate surface area is 219 Å². The molecular weight excluding hydrogens is 482 g/mol. The van der Waals surface area contributed by atoms with E-state index in [1.54, 1.807) is 7.11 Å². The highest BCUT2D eigenvalue weighted by Crippen LogP contribution is 2.29. The number of benzene rings is 4. The van der Waals surface area contributed by atoms with Gasteiger partial charge in [0.25, 0.3) is 5.91 Å². The van der Waals surface area contributed by atoms with E-state index in [-0.39, 0.29) is 11.7 Å². The third-order valence-corrected chi connectivity index (χ3v) is 6.77. The summed E-state index contributed by atoms with van der Waals surface area (Å²) in [6.45, 7) is 1.88. The molecule has 0 bridgehead atoms. The Morgan fingerprint density at radius 3 is 2.41 bits per heavy atom. The molecule has 0 radical (unpaired) electrons. The number of hydrogen-bond donors (Lipinski definition) is 1. The van der Waals surface area contributed by atoms with Crippen molar-refractivity contribution in [3.63, 3.8) is 0 Å². The van der Waals surface area contributed by atoms with Gasteiger partial charge in [-0.1, -0.05) is 66.4 Å². The maximum Gasteiger partial charge on any atom is 0.250 e. The fourth-order valence-corrected chi connectivity index (χ4v) is 4.63. The number of ether oxygens (including phenoxy) is 1. The topological polar surface area (TPSA) is 81.4 Å². The van der Waals surface area contributed by atoms with E-state index in [1.807, 2.05) is 84.3 Å². The standard InChI is InChI=1S/C29H25N5O2S/c1-20(23-13-12-21-8-6-7-9-24(21)18-23)30-31-27(35)19-37-29-33-32-28(22-14-16-26(36-2)17-15-22)34(29)25-10-4-3-5-11-25/h3-18H,19H2,1-2H3,(H,31,35). The predicted octanol–water partition coefficient (Wildman–Crippen LogP) is 5.73. The van der Waals surface area contributed by atoms with Crippen LogP contribution in [0.1, 0.15) is 12.5 Å². The molecule has 0 spiro atoms. The Hall–Kier alpha value is -4.43. The van der Waals surface area contributed by atoms with Crippen LogP contribution in [-0.2, 0) is 4.79 Å². The van der Waals surface area contributed by atoms with Crippen LogP contribution in [0, 0.1) is 0 Å². The SMILES string of the molecule is COc1ccc(-c2nnc(SCC(=O)NN=C(C)c3ccc4ccccc4c3)n2-c2ccccc2)cc1. The van der Waals surface area contributed by atoms with Crippen LogP contribution >= 0.6 is 11.8 Å². The van der Waals surface area contributed by atoms with E-state index in [0.717, 1.165) is 39.0 Å². The summed E-state index contributed by atoms with van der Waals surface area (Å²) in [4.78, 5) is 12.6. The minimum Gasteiger partial charge on any atom is -0.497 e. The summed E-state index contributed by atoms with van der Waals surface area (Å²) < 4.78 is 7.22. The molecule has 0 aliphatic heterocycles. The second kappa shape index (κ2) is 11.1. The molecule has 7 nitrogen and oxygen atoms in total. The van der Waals surface area contributed by atoms with Crippen LogP contribution in [0.5, 0.6) is 5.75 Å². The van der Waals surface area contributed by atoms with Crippen LogP contribution < -0.4 is 10.2 Å². The first-order chi connectivity index (χ1) is 18.1. The maximum atomic E-state index is 12.6. The molecule has 0 aliphatic carbocycles. The molecule has 4 aromatic carbocycles. The second-order valence-electron chi connectivity index (χ2n) is 8.29. The molecule has 5 rings (SSSR count). The van der Waals surface area contributed by atoms with Crippen molar-refractivity contribution in [3.05, 3.63) is 103 Å². The minimum atomic E-state index is -0.223. The number of fused-ring (bicyclic) bond motifs is 1. The number of nitrogens with zero attached hydrogens (tertiary/aromatic N) is 4. The van der Waals surface area contributed by atoms with Gasteiger partial charge in [0.2, 0.25) is 0 Å². The van der Waals surface area contributed by atoms with Crippen LogP contribution in [0.3, 0.4) is 0 Å². The quantitative estimate of drug-likeness (QED) is 0.165. The monoisotopic (exact) mass is 507 g/mol. The fourth-order valence-electron chi connectivity index (χ4n) is 3.89. The number of methoxy groups -OCH3 is 1. The first-order valence-corrected chi connectivity index (χ1v) is 12.7. The van der Waals surface area contributed by atoms with Crippen molar-refractivity contribution >= 4 is 34.2 Å². The summed E-state index contributed by atoms with van der Waals surface area (Å²) in [5, 5.41) is 16.0. The number of nitrogens with one attached hydrogen (secondary N) is 1. The molecular formula is C29H25N5O2S. The van der Waals surface area contributed by atoms with Gasteiger partial charge in [0, 0.05) is 11.3 Å². The zero-order chi connectivity index (χ0) is 25.6. The van der Waals surface area contributed by atoms with Gasteiger partial charge in [-0.15, -0.1) is 10.2 Å². The Bertz CT molecular complexity index is 1560. The lowest BCUT2D eigenvalue weighted by Gasteiger charge is -2.10. The van der Waals surface area contributed by atoms with Gasteiger partial charge in [0.15, 0.2) is 11.0 Å². The van der Waals surface area contributed by atoms with E-state index in [0.29, 0.717) is 11.0 Å². The molecule has 1 amide bonds. The number of amides is 1. The number of hydrogen-bond acceptors (Lipinski definition) is 6. The van der Waals surface area contributed by atoms with Gasteiger partial charge >= 0.3 is 0 Å². The molecule has 0 aliphatic rings. The van der Waals surface area contributed by atoms with Gasteiger partial charge in [0.1, 0.15) is 5.75 Å². The summed E-state index contributed by atoms with van der Waals surface area (Å²) in [5.74, 6) is 1.36. The van der Waals surface area contributed by atoms with Crippen molar-refractivity contribution < 1.29 is 9.53 Å². The Kier molecular flexibility index (Phi) is 7.28. The Morgan fingerprint density at radius 1 is 0.919 bits per heavy atom. The highest BCUT2D eigenvalue weighted by molar-refractivity contribution is 7.99. The van der Waals surface area contributed by atoms with Crippen molar-refractivity contribution in [3.8, 4) is 22.8 Å². The van der Waals surface area contributed by atoms with Crippen LogP contribution in [0.4, 0.5) is 0 Å². The Balaban J connectivity index is 1.32. The van der Waals surface area contributed by atoms with Gasteiger partial charge in [0.05, 0.1) is 18.6 Å².